The Morgan fingerprint density at radius 1 is 1.00 bits per heavy atom. The molecule has 1 aliphatic heterocycles. The Balaban J connectivity index is 1.56. The van der Waals surface area contributed by atoms with Crippen LogP contribution in [0, 0.1) is 20.8 Å². The van der Waals surface area contributed by atoms with Crippen LogP contribution in [0.1, 0.15) is 42.4 Å². The lowest BCUT2D eigenvalue weighted by molar-refractivity contribution is 0.234. The molecule has 22 heavy (non-hydrogen) atoms. The molecule has 0 aliphatic carbocycles. The molecule has 3 nitrogen and oxygen atoms in total. The lowest BCUT2D eigenvalue weighted by Crippen LogP contribution is -2.43. The van der Waals surface area contributed by atoms with Crippen molar-refractivity contribution in [1.82, 2.24) is 10.2 Å². The van der Waals surface area contributed by atoms with E-state index in [1.807, 2.05) is 0 Å². The van der Waals surface area contributed by atoms with Crippen molar-refractivity contribution in [2.75, 3.05) is 39.3 Å². The average molecular weight is 304 g/mol. The normalized spacial score (nSPS) is 16.0. The van der Waals surface area contributed by atoms with E-state index in [9.17, 15) is 0 Å². The number of benzene rings is 1. The van der Waals surface area contributed by atoms with Crippen molar-refractivity contribution in [3.8, 4) is 5.75 Å². The van der Waals surface area contributed by atoms with Crippen LogP contribution in [-0.4, -0.2) is 44.2 Å². The summed E-state index contributed by atoms with van der Waals surface area (Å²) in [5, 5.41) is 3.40. The molecule has 1 fully saturated rings. The van der Waals surface area contributed by atoms with Crippen LogP contribution in [0.25, 0.3) is 0 Å². The van der Waals surface area contributed by atoms with Gasteiger partial charge in [-0.2, -0.15) is 0 Å². The van der Waals surface area contributed by atoms with Gasteiger partial charge in [0.15, 0.2) is 0 Å². The Hall–Kier alpha value is -1.06. The lowest BCUT2D eigenvalue weighted by Gasteiger charge is -2.27. The van der Waals surface area contributed by atoms with Gasteiger partial charge in [-0.15, -0.1) is 0 Å². The Morgan fingerprint density at radius 3 is 2.50 bits per heavy atom. The van der Waals surface area contributed by atoms with Gasteiger partial charge in [0, 0.05) is 26.2 Å². The van der Waals surface area contributed by atoms with E-state index in [1.54, 1.807) is 0 Å². The third-order valence-electron chi connectivity index (χ3n) is 4.60. The third-order valence-corrected chi connectivity index (χ3v) is 4.60. The summed E-state index contributed by atoms with van der Waals surface area (Å²) >= 11 is 0. The van der Waals surface area contributed by atoms with Crippen LogP contribution in [0.3, 0.4) is 0 Å². The van der Waals surface area contributed by atoms with Gasteiger partial charge in [0.05, 0.1) is 6.61 Å². The Labute approximate surface area is 136 Å². The van der Waals surface area contributed by atoms with Crippen LogP contribution in [0.4, 0.5) is 0 Å². The molecule has 0 atom stereocenters. The fourth-order valence-electron chi connectivity index (χ4n) is 3.06. The van der Waals surface area contributed by atoms with Gasteiger partial charge in [0.2, 0.25) is 0 Å². The van der Waals surface area contributed by atoms with Crippen molar-refractivity contribution < 1.29 is 4.74 Å². The molecule has 1 aromatic carbocycles. The van der Waals surface area contributed by atoms with E-state index in [4.69, 9.17) is 4.74 Å². The summed E-state index contributed by atoms with van der Waals surface area (Å²) in [4.78, 5) is 2.58. The highest BCUT2D eigenvalue weighted by molar-refractivity contribution is 5.41. The molecule has 124 valence electrons. The zero-order valence-corrected chi connectivity index (χ0v) is 14.6. The number of rotatable bonds is 8. The topological polar surface area (TPSA) is 24.5 Å². The van der Waals surface area contributed by atoms with Crippen LogP contribution in [0.5, 0.6) is 5.75 Å². The predicted molar refractivity (Wildman–Crippen MR) is 93.9 cm³/mol. The average Bonchev–Trinajstić information content (AvgIpc) is 2.52. The van der Waals surface area contributed by atoms with Crippen LogP contribution >= 0.6 is 0 Å². The summed E-state index contributed by atoms with van der Waals surface area (Å²) in [7, 11) is 0. The fraction of sp³-hybridized carbons (Fsp3) is 0.684. The van der Waals surface area contributed by atoms with E-state index in [1.165, 1.54) is 55.6 Å². The van der Waals surface area contributed by atoms with E-state index < -0.39 is 0 Å². The van der Waals surface area contributed by atoms with Crippen molar-refractivity contribution >= 4 is 0 Å². The molecular weight excluding hydrogens is 272 g/mol. The standard InChI is InChI=1S/C19H32N2O/c1-16-14-17(2)18(3)19(15-16)22-13-7-5-4-6-10-21-11-8-20-9-12-21/h14-15,20H,4-13H2,1-3H3. The van der Waals surface area contributed by atoms with Gasteiger partial charge in [0.25, 0.3) is 0 Å². The highest BCUT2D eigenvalue weighted by Gasteiger charge is 2.08. The highest BCUT2D eigenvalue weighted by Crippen LogP contribution is 2.23. The van der Waals surface area contributed by atoms with Gasteiger partial charge < -0.3 is 15.0 Å². The van der Waals surface area contributed by atoms with Crippen molar-refractivity contribution in [1.29, 1.82) is 0 Å². The van der Waals surface area contributed by atoms with Crippen LogP contribution in [-0.2, 0) is 0 Å². The number of unbranched alkanes of at least 4 members (excludes halogenated alkanes) is 3. The molecule has 0 aromatic heterocycles. The smallest absolute Gasteiger partial charge is 0.122 e. The maximum Gasteiger partial charge on any atom is 0.122 e. The number of aryl methyl sites for hydroxylation is 2. The minimum atomic E-state index is 0.845. The van der Waals surface area contributed by atoms with Gasteiger partial charge in [-0.1, -0.05) is 18.9 Å². The van der Waals surface area contributed by atoms with Crippen molar-refractivity contribution in [2.24, 2.45) is 0 Å². The summed E-state index contributed by atoms with van der Waals surface area (Å²) in [5.41, 5.74) is 3.89. The quantitative estimate of drug-likeness (QED) is 0.744. The third kappa shape index (κ3) is 5.62. The first kappa shape index (κ1) is 17.3. The first-order valence-corrected chi connectivity index (χ1v) is 8.80. The van der Waals surface area contributed by atoms with Crippen molar-refractivity contribution in [3.05, 3.63) is 28.8 Å². The van der Waals surface area contributed by atoms with E-state index >= 15 is 0 Å². The second-order valence-corrected chi connectivity index (χ2v) is 6.56. The van der Waals surface area contributed by atoms with E-state index in [0.717, 1.165) is 31.9 Å². The fourth-order valence-corrected chi connectivity index (χ4v) is 3.06. The SMILES string of the molecule is Cc1cc(C)c(C)c(OCCCCCCN2CCNCC2)c1. The van der Waals surface area contributed by atoms with Crippen LogP contribution in [0.2, 0.25) is 0 Å². The highest BCUT2D eigenvalue weighted by atomic mass is 16.5. The van der Waals surface area contributed by atoms with Crippen LogP contribution < -0.4 is 10.1 Å². The Bertz CT molecular complexity index is 453. The number of nitrogens with one attached hydrogen (secondary N) is 1. The van der Waals surface area contributed by atoms with Gasteiger partial charge in [-0.25, -0.2) is 0 Å². The van der Waals surface area contributed by atoms with Crippen LogP contribution in [0.15, 0.2) is 12.1 Å². The van der Waals surface area contributed by atoms with Crippen molar-refractivity contribution in [2.45, 2.75) is 46.5 Å². The number of ether oxygens (including phenoxy) is 1. The molecule has 0 spiro atoms. The largest absolute Gasteiger partial charge is 0.493 e. The molecule has 0 amide bonds. The van der Waals surface area contributed by atoms with Gasteiger partial charge >= 0.3 is 0 Å². The molecule has 0 saturated carbocycles. The van der Waals surface area contributed by atoms with Gasteiger partial charge in [-0.3, -0.25) is 0 Å². The maximum atomic E-state index is 5.98. The molecule has 2 rings (SSSR count). The summed E-state index contributed by atoms with van der Waals surface area (Å²) in [6.07, 6.45) is 5.08. The summed E-state index contributed by atoms with van der Waals surface area (Å²) in [5.74, 6) is 1.07. The molecule has 1 saturated heterocycles. The number of nitrogens with zero attached hydrogens (tertiary/aromatic N) is 1. The second-order valence-electron chi connectivity index (χ2n) is 6.56. The Kier molecular flexibility index (Phi) is 7.20. The molecular formula is C19H32N2O. The minimum absolute atomic E-state index is 0.845. The molecule has 0 radical (unpaired) electrons. The molecule has 1 aromatic rings. The van der Waals surface area contributed by atoms with E-state index in [0.29, 0.717) is 0 Å². The van der Waals surface area contributed by atoms with Gasteiger partial charge in [-0.05, 0) is 62.9 Å². The Morgan fingerprint density at radius 2 is 1.73 bits per heavy atom. The van der Waals surface area contributed by atoms with Crippen molar-refractivity contribution in [3.63, 3.8) is 0 Å². The summed E-state index contributed by atoms with van der Waals surface area (Å²) in [6, 6.07) is 4.38. The molecule has 3 heteroatoms. The van der Waals surface area contributed by atoms with E-state index in [2.05, 4.69) is 43.1 Å². The predicted octanol–water partition coefficient (Wildman–Crippen LogP) is 3.46. The lowest BCUT2D eigenvalue weighted by atomic mass is 10.1. The summed E-state index contributed by atoms with van der Waals surface area (Å²) < 4.78 is 5.98. The first-order chi connectivity index (χ1) is 10.7. The first-order valence-electron chi connectivity index (χ1n) is 8.80. The molecule has 0 bridgehead atoms. The minimum Gasteiger partial charge on any atom is -0.493 e. The zero-order chi connectivity index (χ0) is 15.8. The molecule has 0 unspecified atom stereocenters. The second kappa shape index (κ2) is 9.16. The molecule has 1 N–H and O–H groups in total. The zero-order valence-electron chi connectivity index (χ0n) is 14.6. The number of hydrogen-bond acceptors (Lipinski definition) is 3. The molecule has 1 aliphatic rings. The summed E-state index contributed by atoms with van der Waals surface area (Å²) in [6.45, 7) is 13.3. The number of piperazine rings is 1. The van der Waals surface area contributed by atoms with Gasteiger partial charge in [0.1, 0.15) is 5.75 Å². The monoisotopic (exact) mass is 304 g/mol. The maximum absolute atomic E-state index is 5.98. The van der Waals surface area contributed by atoms with E-state index in [-0.39, 0.29) is 0 Å². The molecule has 1 heterocycles. The number of hydrogen-bond donors (Lipinski definition) is 1.